The fraction of sp³-hybridized carbons (Fsp3) is 0.357. The van der Waals surface area contributed by atoms with Gasteiger partial charge in [-0.05, 0) is 48.3 Å². The number of carbonyl (C=O) groups is 4. The molecule has 8 rings (SSSR count). The van der Waals surface area contributed by atoms with Crippen LogP contribution in [0.2, 0.25) is 0 Å². The summed E-state index contributed by atoms with van der Waals surface area (Å²) in [5, 5.41) is 5.40. The van der Waals surface area contributed by atoms with E-state index in [-0.39, 0.29) is 29.8 Å². The number of hydrogen-bond acceptors (Lipinski definition) is 10. The molecule has 2 saturated heterocycles. The molecule has 4 N–H and O–H groups in total. The first-order chi connectivity index (χ1) is 28.6. The first-order valence-corrected chi connectivity index (χ1v) is 20.5. The van der Waals surface area contributed by atoms with Crippen LogP contribution in [0.15, 0.2) is 79.4 Å². The molecule has 59 heavy (non-hydrogen) atoms. The third kappa shape index (κ3) is 8.02. The number of likely N-dealkylation sites (tertiary alicyclic amines) is 2. The van der Waals surface area contributed by atoms with E-state index in [2.05, 4.69) is 42.7 Å². The SMILES string of the molecule is COC(=O)N[C@H](C(=O)N1CCC[C@H]1c1ncc(-c2ccc(-c3cn4cc(-c5ncc(C6CCCN6C(=O)[C@H](NC(=O)OC)c6ccccc6)[nH]5)nc4s3)cc2)[nH]1)C(C)C. The minimum absolute atomic E-state index is 0.111. The standard InChI is InChI=1S/C42H46N10O6S/c1-24(2)34(48-41(55)57-3)38(53)52-19-9-13-32(52)37-44-20-28(45-37)25-14-16-26(17-15-25)33-23-50-22-30(47-40(50)59-33)36-43-21-29(46-36)31-12-8-18-51(31)39(54)35(49-42(56)58-4)27-10-6-5-7-11-27/h5-7,10-11,14-17,20-24,31-32,34-35H,8-9,12-13,18-19H2,1-4H3,(H,43,46)(H,44,45)(H,48,55)(H,49,56)/t31?,32-,34-,35+/m0/s1. The zero-order valence-electron chi connectivity index (χ0n) is 33.2. The molecule has 2 aliphatic rings. The summed E-state index contributed by atoms with van der Waals surface area (Å²) in [7, 11) is 2.56. The molecule has 0 spiro atoms. The van der Waals surface area contributed by atoms with E-state index in [9.17, 15) is 19.2 Å². The lowest BCUT2D eigenvalue weighted by molar-refractivity contribution is -0.135. The number of ether oxygens (including phenoxy) is 2. The number of methoxy groups -OCH3 is 2. The van der Waals surface area contributed by atoms with Crippen LogP contribution in [0.1, 0.15) is 74.7 Å². The third-order valence-electron chi connectivity index (χ3n) is 11.0. The number of alkyl carbamates (subject to hydrolysis) is 2. The molecule has 4 aromatic heterocycles. The highest BCUT2D eigenvalue weighted by atomic mass is 32.1. The smallest absolute Gasteiger partial charge is 0.407 e. The maximum absolute atomic E-state index is 13.9. The number of hydrogen-bond donors (Lipinski definition) is 4. The van der Waals surface area contributed by atoms with Crippen molar-refractivity contribution in [3.63, 3.8) is 0 Å². The Labute approximate surface area is 344 Å². The zero-order valence-corrected chi connectivity index (χ0v) is 34.0. The van der Waals surface area contributed by atoms with Gasteiger partial charge < -0.3 is 39.9 Å². The van der Waals surface area contributed by atoms with E-state index in [1.807, 2.05) is 73.1 Å². The van der Waals surface area contributed by atoms with E-state index in [1.54, 1.807) is 33.5 Å². The highest BCUT2D eigenvalue weighted by Crippen LogP contribution is 2.37. The maximum Gasteiger partial charge on any atom is 0.407 e. The van der Waals surface area contributed by atoms with Crippen molar-refractivity contribution in [1.29, 1.82) is 0 Å². The van der Waals surface area contributed by atoms with Crippen LogP contribution in [0.4, 0.5) is 9.59 Å². The molecular formula is C42H46N10O6S. The molecule has 4 atom stereocenters. The Hall–Kier alpha value is -6.49. The lowest BCUT2D eigenvalue weighted by atomic mass is 10.0. The van der Waals surface area contributed by atoms with Gasteiger partial charge in [-0.25, -0.2) is 24.5 Å². The van der Waals surface area contributed by atoms with Gasteiger partial charge in [-0.3, -0.25) is 14.0 Å². The number of benzene rings is 2. The highest BCUT2D eigenvalue weighted by Gasteiger charge is 2.38. The fourth-order valence-corrected chi connectivity index (χ4v) is 8.94. The Bertz CT molecular complexity index is 2420. The van der Waals surface area contributed by atoms with E-state index >= 15 is 0 Å². The van der Waals surface area contributed by atoms with Crippen molar-refractivity contribution in [1.82, 2.24) is 49.8 Å². The van der Waals surface area contributed by atoms with Gasteiger partial charge in [-0.2, -0.15) is 0 Å². The number of H-pyrrole nitrogens is 2. The quantitative estimate of drug-likeness (QED) is 0.111. The van der Waals surface area contributed by atoms with Crippen molar-refractivity contribution in [2.24, 2.45) is 5.92 Å². The molecular weight excluding hydrogens is 773 g/mol. The molecule has 6 aromatic rings. The van der Waals surface area contributed by atoms with E-state index < -0.39 is 24.3 Å². The average Bonchev–Trinajstić information content (AvgIpc) is 4.10. The lowest BCUT2D eigenvalue weighted by Gasteiger charge is -2.30. The number of imidazole rings is 3. The predicted molar refractivity (Wildman–Crippen MR) is 220 cm³/mol. The predicted octanol–water partition coefficient (Wildman–Crippen LogP) is 6.65. The van der Waals surface area contributed by atoms with Crippen molar-refractivity contribution in [3.05, 3.63) is 96.5 Å². The molecule has 306 valence electrons. The third-order valence-corrected chi connectivity index (χ3v) is 12.1. The van der Waals surface area contributed by atoms with E-state index in [1.165, 1.54) is 14.2 Å². The van der Waals surface area contributed by atoms with Crippen molar-refractivity contribution < 1.29 is 28.7 Å². The average molecular weight is 819 g/mol. The van der Waals surface area contributed by atoms with E-state index in [4.69, 9.17) is 14.5 Å². The van der Waals surface area contributed by atoms with Gasteiger partial charge in [-0.15, -0.1) is 0 Å². The van der Waals surface area contributed by atoms with Gasteiger partial charge >= 0.3 is 12.2 Å². The Morgan fingerprint density at radius 1 is 0.797 bits per heavy atom. The number of thiazole rings is 1. The first-order valence-electron chi connectivity index (χ1n) is 19.7. The van der Waals surface area contributed by atoms with Gasteiger partial charge in [0.1, 0.15) is 23.6 Å². The molecule has 16 nitrogen and oxygen atoms in total. The Morgan fingerprint density at radius 2 is 1.47 bits per heavy atom. The second-order valence-electron chi connectivity index (χ2n) is 15.1. The molecule has 2 aromatic carbocycles. The summed E-state index contributed by atoms with van der Waals surface area (Å²) in [5.74, 6) is 0.852. The van der Waals surface area contributed by atoms with Gasteiger partial charge in [0.15, 0.2) is 10.8 Å². The van der Waals surface area contributed by atoms with Crippen LogP contribution in [0, 0.1) is 5.92 Å². The number of carbonyl (C=O) groups excluding carboxylic acids is 4. The molecule has 2 fully saturated rings. The number of nitrogens with one attached hydrogen (secondary N) is 4. The maximum atomic E-state index is 13.9. The molecule has 6 heterocycles. The van der Waals surface area contributed by atoms with Crippen LogP contribution in [0.25, 0.3) is 38.2 Å². The summed E-state index contributed by atoms with van der Waals surface area (Å²) in [6.07, 6.45) is 9.43. The number of fused-ring (bicyclic) bond motifs is 1. The van der Waals surface area contributed by atoms with Crippen LogP contribution in [-0.2, 0) is 19.1 Å². The first kappa shape index (κ1) is 39.3. The monoisotopic (exact) mass is 818 g/mol. The topological polar surface area (TPSA) is 192 Å². The summed E-state index contributed by atoms with van der Waals surface area (Å²) in [6, 6.07) is 15.3. The van der Waals surface area contributed by atoms with Crippen LogP contribution >= 0.6 is 11.3 Å². The lowest BCUT2D eigenvalue weighted by Crippen LogP contribution is -2.51. The summed E-state index contributed by atoms with van der Waals surface area (Å²) < 4.78 is 11.6. The van der Waals surface area contributed by atoms with Gasteiger partial charge in [0.25, 0.3) is 0 Å². The van der Waals surface area contributed by atoms with Crippen molar-refractivity contribution in [2.45, 2.75) is 63.7 Å². The zero-order chi connectivity index (χ0) is 41.2. The molecule has 0 aliphatic carbocycles. The molecule has 4 amide bonds. The van der Waals surface area contributed by atoms with Gasteiger partial charge in [-0.1, -0.05) is 79.8 Å². The van der Waals surface area contributed by atoms with Crippen LogP contribution in [0.3, 0.4) is 0 Å². The normalized spacial score (nSPS) is 17.6. The number of amides is 4. The molecule has 0 radical (unpaired) electrons. The van der Waals surface area contributed by atoms with Crippen LogP contribution in [0.5, 0.6) is 0 Å². The fourth-order valence-electron chi connectivity index (χ4n) is 7.97. The molecule has 0 saturated carbocycles. The summed E-state index contributed by atoms with van der Waals surface area (Å²) in [5.41, 5.74) is 5.02. The highest BCUT2D eigenvalue weighted by molar-refractivity contribution is 7.20. The summed E-state index contributed by atoms with van der Waals surface area (Å²) in [6.45, 7) is 4.94. The van der Waals surface area contributed by atoms with Crippen molar-refractivity contribution in [2.75, 3.05) is 27.3 Å². The van der Waals surface area contributed by atoms with Crippen LogP contribution in [-0.4, -0.2) is 96.5 Å². The second-order valence-corrected chi connectivity index (χ2v) is 16.1. The van der Waals surface area contributed by atoms with Crippen LogP contribution < -0.4 is 10.6 Å². The Kier molecular flexibility index (Phi) is 11.2. The van der Waals surface area contributed by atoms with Gasteiger partial charge in [0.05, 0.1) is 55.0 Å². The number of nitrogens with zero attached hydrogens (tertiary/aromatic N) is 6. The van der Waals surface area contributed by atoms with E-state index in [0.29, 0.717) is 36.0 Å². The number of rotatable bonds is 11. The minimum atomic E-state index is -0.884. The van der Waals surface area contributed by atoms with Gasteiger partial charge in [0.2, 0.25) is 11.8 Å². The van der Waals surface area contributed by atoms with E-state index in [0.717, 1.165) is 58.0 Å². The summed E-state index contributed by atoms with van der Waals surface area (Å²) >= 11 is 1.57. The van der Waals surface area contributed by atoms with Crippen molar-refractivity contribution >= 4 is 40.3 Å². The largest absolute Gasteiger partial charge is 0.453 e. The number of aromatic amines is 2. The molecule has 0 bridgehead atoms. The molecule has 2 aliphatic heterocycles. The second kappa shape index (κ2) is 16.8. The number of aromatic nitrogens is 6. The summed E-state index contributed by atoms with van der Waals surface area (Å²) in [4.78, 5) is 78.1. The van der Waals surface area contributed by atoms with Gasteiger partial charge in [0, 0.05) is 25.5 Å². The molecule has 1 unspecified atom stereocenters. The minimum Gasteiger partial charge on any atom is -0.453 e. The Morgan fingerprint density at radius 3 is 2.17 bits per heavy atom. The molecule has 17 heteroatoms. The Balaban J connectivity index is 0.936. The van der Waals surface area contributed by atoms with Crippen molar-refractivity contribution in [3.8, 4) is 33.2 Å².